The highest BCUT2D eigenvalue weighted by atomic mass is 16.5. The number of nitrogens with zero attached hydrogens (tertiary/aromatic N) is 1. The Hall–Kier alpha value is -2.49. The molecule has 1 atom stereocenters. The molecule has 4 nitrogen and oxygen atoms in total. The van der Waals surface area contributed by atoms with Crippen molar-refractivity contribution >= 4 is 11.6 Å². The molecule has 1 saturated heterocycles. The van der Waals surface area contributed by atoms with Crippen LogP contribution in [0.15, 0.2) is 54.6 Å². The molecule has 0 saturated carbocycles. The number of nitrogens with one attached hydrogen (secondary N) is 1. The first-order valence-electron chi connectivity index (χ1n) is 8.95. The molecule has 0 radical (unpaired) electrons. The van der Waals surface area contributed by atoms with Crippen LogP contribution in [0.25, 0.3) is 0 Å². The molecule has 0 aliphatic carbocycles. The molecule has 0 aromatic heterocycles. The van der Waals surface area contributed by atoms with Crippen LogP contribution in [-0.4, -0.2) is 32.7 Å². The van der Waals surface area contributed by atoms with Crippen molar-refractivity contribution in [3.63, 3.8) is 0 Å². The van der Waals surface area contributed by atoms with Crippen LogP contribution < -0.4 is 15.0 Å². The molecule has 1 aliphatic heterocycles. The zero-order valence-corrected chi connectivity index (χ0v) is 14.8. The third-order valence-electron chi connectivity index (χ3n) is 4.81. The minimum atomic E-state index is 0.115. The molecule has 1 unspecified atom stereocenters. The second kappa shape index (κ2) is 8.56. The lowest BCUT2D eigenvalue weighted by atomic mass is 10.1. The number of carbonyl (C=O) groups is 1. The van der Waals surface area contributed by atoms with Crippen LogP contribution in [-0.2, 0) is 11.2 Å². The van der Waals surface area contributed by atoms with E-state index in [1.165, 1.54) is 5.69 Å². The monoisotopic (exact) mass is 338 g/mol. The topological polar surface area (TPSA) is 41.6 Å². The van der Waals surface area contributed by atoms with E-state index in [2.05, 4.69) is 34.5 Å². The Morgan fingerprint density at radius 3 is 2.72 bits per heavy atom. The fourth-order valence-corrected chi connectivity index (χ4v) is 3.38. The predicted molar refractivity (Wildman–Crippen MR) is 101 cm³/mol. The van der Waals surface area contributed by atoms with Gasteiger partial charge in [-0.2, -0.15) is 0 Å². The van der Waals surface area contributed by atoms with Gasteiger partial charge in [0.2, 0.25) is 5.91 Å². The lowest BCUT2D eigenvalue weighted by molar-refractivity contribution is -0.121. The van der Waals surface area contributed by atoms with Gasteiger partial charge in [-0.05, 0) is 42.5 Å². The molecule has 1 N–H and O–H groups in total. The number of hydrogen-bond donors (Lipinski definition) is 1. The molecule has 2 aromatic rings. The summed E-state index contributed by atoms with van der Waals surface area (Å²) in [5.41, 5.74) is 2.35. The predicted octanol–water partition coefficient (Wildman–Crippen LogP) is 3.27. The van der Waals surface area contributed by atoms with Crippen molar-refractivity contribution in [3.05, 3.63) is 60.2 Å². The van der Waals surface area contributed by atoms with Crippen molar-refractivity contribution in [2.24, 2.45) is 5.92 Å². The second-order valence-corrected chi connectivity index (χ2v) is 6.55. The smallest absolute Gasteiger partial charge is 0.220 e. The molecule has 1 aliphatic rings. The van der Waals surface area contributed by atoms with E-state index < -0.39 is 0 Å². The summed E-state index contributed by atoms with van der Waals surface area (Å²) < 4.78 is 5.34. The minimum Gasteiger partial charge on any atom is -0.496 e. The fourth-order valence-electron chi connectivity index (χ4n) is 3.38. The Bertz CT molecular complexity index is 687. The third kappa shape index (κ3) is 4.75. The van der Waals surface area contributed by atoms with Crippen LogP contribution in [0.2, 0.25) is 0 Å². The first-order chi connectivity index (χ1) is 12.3. The van der Waals surface area contributed by atoms with Crippen LogP contribution in [0.3, 0.4) is 0 Å². The van der Waals surface area contributed by atoms with Gasteiger partial charge in [0.15, 0.2) is 0 Å². The van der Waals surface area contributed by atoms with Crippen LogP contribution >= 0.6 is 0 Å². The number of benzene rings is 2. The Labute approximate surface area is 149 Å². The maximum absolute atomic E-state index is 12.2. The highest BCUT2D eigenvalue weighted by molar-refractivity contribution is 5.76. The van der Waals surface area contributed by atoms with E-state index in [9.17, 15) is 4.79 Å². The van der Waals surface area contributed by atoms with Gasteiger partial charge in [-0.1, -0.05) is 36.4 Å². The van der Waals surface area contributed by atoms with Crippen LogP contribution in [0, 0.1) is 5.92 Å². The molecule has 25 heavy (non-hydrogen) atoms. The van der Waals surface area contributed by atoms with E-state index >= 15 is 0 Å². The SMILES string of the molecule is COc1ccccc1CCC(=O)NCC1CCN(c2ccccc2)C1. The van der Waals surface area contributed by atoms with Crippen molar-refractivity contribution in [1.82, 2.24) is 5.32 Å². The minimum absolute atomic E-state index is 0.115. The van der Waals surface area contributed by atoms with Gasteiger partial charge in [0.1, 0.15) is 5.75 Å². The lowest BCUT2D eigenvalue weighted by Gasteiger charge is -2.18. The molecule has 2 aromatic carbocycles. The van der Waals surface area contributed by atoms with Gasteiger partial charge in [-0.15, -0.1) is 0 Å². The van der Waals surface area contributed by atoms with Gasteiger partial charge in [-0.3, -0.25) is 4.79 Å². The fraction of sp³-hybridized carbons (Fsp3) is 0.381. The Kier molecular flexibility index (Phi) is 5.94. The van der Waals surface area contributed by atoms with Gasteiger partial charge in [0, 0.05) is 31.7 Å². The van der Waals surface area contributed by atoms with Gasteiger partial charge >= 0.3 is 0 Å². The van der Waals surface area contributed by atoms with E-state index in [0.29, 0.717) is 18.8 Å². The molecule has 0 bridgehead atoms. The number of aryl methyl sites for hydroxylation is 1. The molecular formula is C21H26N2O2. The number of anilines is 1. The number of rotatable bonds is 7. The number of methoxy groups -OCH3 is 1. The summed E-state index contributed by atoms with van der Waals surface area (Å²) in [4.78, 5) is 14.6. The average molecular weight is 338 g/mol. The number of amides is 1. The number of hydrogen-bond acceptors (Lipinski definition) is 3. The van der Waals surface area contributed by atoms with E-state index in [4.69, 9.17) is 4.74 Å². The summed E-state index contributed by atoms with van der Waals surface area (Å²) in [7, 11) is 1.66. The number of para-hydroxylation sites is 2. The van der Waals surface area contributed by atoms with E-state index in [0.717, 1.165) is 37.4 Å². The third-order valence-corrected chi connectivity index (χ3v) is 4.81. The normalized spacial score (nSPS) is 16.7. The lowest BCUT2D eigenvalue weighted by Crippen LogP contribution is -2.31. The Morgan fingerprint density at radius 2 is 1.92 bits per heavy atom. The summed E-state index contributed by atoms with van der Waals surface area (Å²) in [5.74, 6) is 1.49. The molecule has 1 heterocycles. The first kappa shape index (κ1) is 17.3. The molecular weight excluding hydrogens is 312 g/mol. The molecule has 3 rings (SSSR count). The van der Waals surface area contributed by atoms with Gasteiger partial charge in [0.05, 0.1) is 7.11 Å². The zero-order valence-electron chi connectivity index (χ0n) is 14.8. The number of ether oxygens (including phenoxy) is 1. The molecule has 132 valence electrons. The van der Waals surface area contributed by atoms with E-state index in [-0.39, 0.29) is 5.91 Å². The summed E-state index contributed by atoms with van der Waals surface area (Å²) in [5, 5.41) is 3.10. The maximum Gasteiger partial charge on any atom is 0.220 e. The Balaban J connectivity index is 1.41. The highest BCUT2D eigenvalue weighted by Gasteiger charge is 2.22. The summed E-state index contributed by atoms with van der Waals surface area (Å²) in [6.45, 7) is 2.83. The van der Waals surface area contributed by atoms with Crippen molar-refractivity contribution in [1.29, 1.82) is 0 Å². The van der Waals surface area contributed by atoms with Gasteiger partial charge in [-0.25, -0.2) is 0 Å². The van der Waals surface area contributed by atoms with Gasteiger partial charge in [0.25, 0.3) is 0 Å². The van der Waals surface area contributed by atoms with Gasteiger partial charge < -0.3 is 15.0 Å². The highest BCUT2D eigenvalue weighted by Crippen LogP contribution is 2.23. The molecule has 1 amide bonds. The standard InChI is InChI=1S/C21H26N2O2/c1-25-20-10-6-5-7-18(20)11-12-21(24)22-15-17-13-14-23(16-17)19-8-3-2-4-9-19/h2-10,17H,11-16H2,1H3,(H,22,24). The maximum atomic E-state index is 12.2. The van der Waals surface area contributed by atoms with E-state index in [1.54, 1.807) is 7.11 Å². The van der Waals surface area contributed by atoms with Crippen LogP contribution in [0.1, 0.15) is 18.4 Å². The molecule has 1 fully saturated rings. The largest absolute Gasteiger partial charge is 0.496 e. The zero-order chi connectivity index (χ0) is 17.5. The summed E-state index contributed by atoms with van der Waals surface area (Å²) >= 11 is 0. The Morgan fingerprint density at radius 1 is 1.16 bits per heavy atom. The van der Waals surface area contributed by atoms with Crippen molar-refractivity contribution in [2.75, 3.05) is 31.6 Å². The molecule has 4 heteroatoms. The van der Waals surface area contributed by atoms with Crippen LogP contribution in [0.5, 0.6) is 5.75 Å². The van der Waals surface area contributed by atoms with Crippen molar-refractivity contribution in [2.45, 2.75) is 19.3 Å². The quantitative estimate of drug-likeness (QED) is 0.842. The van der Waals surface area contributed by atoms with Crippen LogP contribution in [0.4, 0.5) is 5.69 Å². The second-order valence-electron chi connectivity index (χ2n) is 6.55. The summed E-state index contributed by atoms with van der Waals surface area (Å²) in [6, 6.07) is 18.4. The van der Waals surface area contributed by atoms with Crippen molar-refractivity contribution in [3.8, 4) is 5.75 Å². The summed E-state index contributed by atoms with van der Waals surface area (Å²) in [6.07, 6.45) is 2.33. The van der Waals surface area contributed by atoms with E-state index in [1.807, 2.05) is 30.3 Å². The average Bonchev–Trinajstić information content (AvgIpc) is 3.14. The number of carbonyl (C=O) groups excluding carboxylic acids is 1. The molecule has 0 spiro atoms. The van der Waals surface area contributed by atoms with Crippen molar-refractivity contribution < 1.29 is 9.53 Å². The first-order valence-corrected chi connectivity index (χ1v) is 8.95.